The number of aromatic carboxylic acids is 1. The van der Waals surface area contributed by atoms with Crippen LogP contribution in [0.3, 0.4) is 0 Å². The number of carboxylic acids is 1. The van der Waals surface area contributed by atoms with E-state index in [1.807, 2.05) is 0 Å². The lowest BCUT2D eigenvalue weighted by atomic mass is 10.2. The lowest BCUT2D eigenvalue weighted by molar-refractivity contribution is 0.0697. The molecule has 0 radical (unpaired) electrons. The van der Waals surface area contributed by atoms with E-state index in [1.165, 1.54) is 12.1 Å². The van der Waals surface area contributed by atoms with Crippen molar-refractivity contribution in [2.45, 2.75) is 0 Å². The number of anilines is 4. The lowest BCUT2D eigenvalue weighted by Crippen LogP contribution is -2.33. The van der Waals surface area contributed by atoms with Crippen LogP contribution in [0.25, 0.3) is 0 Å². The molecule has 12 nitrogen and oxygen atoms in total. The van der Waals surface area contributed by atoms with Crippen molar-refractivity contribution in [3.63, 3.8) is 0 Å². The topological polar surface area (TPSA) is 170 Å². The Bertz CT molecular complexity index is 937. The van der Waals surface area contributed by atoms with E-state index < -0.39 is 16.0 Å². The van der Waals surface area contributed by atoms with E-state index in [0.29, 0.717) is 12.2 Å². The van der Waals surface area contributed by atoms with Gasteiger partial charge in [-0.15, -0.1) is 0 Å². The maximum absolute atomic E-state index is 11.2. The first-order valence-electron chi connectivity index (χ1n) is 8.55. The number of likely N-dealkylation sites (N-methyl/N-ethyl adjacent to an activating group) is 1. The Morgan fingerprint density at radius 3 is 2.34 bits per heavy atom. The molecule has 0 amide bonds. The van der Waals surface area contributed by atoms with Gasteiger partial charge in [-0.2, -0.15) is 15.0 Å². The number of sulfonamides is 1. The smallest absolute Gasteiger partial charge is 0.335 e. The maximum atomic E-state index is 11.2. The van der Waals surface area contributed by atoms with Crippen molar-refractivity contribution in [2.75, 3.05) is 55.1 Å². The van der Waals surface area contributed by atoms with Gasteiger partial charge in [0.15, 0.2) is 0 Å². The monoisotopic (exact) mass is 425 g/mol. The maximum Gasteiger partial charge on any atom is 0.335 e. The number of hydrogen-bond acceptors (Lipinski definition) is 10. The minimum absolute atomic E-state index is 0.117. The van der Waals surface area contributed by atoms with E-state index >= 15 is 0 Å². The Morgan fingerprint density at radius 1 is 1.10 bits per heavy atom. The fraction of sp³-hybridized carbons (Fsp3) is 0.375. The molecule has 0 saturated carbocycles. The molecule has 0 atom stereocenters. The second-order valence-electron chi connectivity index (χ2n) is 6.03. The highest BCUT2D eigenvalue weighted by molar-refractivity contribution is 7.88. The van der Waals surface area contributed by atoms with Gasteiger partial charge < -0.3 is 25.7 Å². The molecule has 0 aliphatic carbocycles. The predicted octanol–water partition coefficient (Wildman–Crippen LogP) is -0.297. The van der Waals surface area contributed by atoms with E-state index in [-0.39, 0.29) is 43.1 Å². The normalized spacial score (nSPS) is 11.1. The number of hydrogen-bond donors (Lipinski definition) is 5. The molecule has 29 heavy (non-hydrogen) atoms. The highest BCUT2D eigenvalue weighted by Crippen LogP contribution is 2.18. The van der Waals surface area contributed by atoms with Crippen molar-refractivity contribution in [3.8, 4) is 0 Å². The molecule has 0 fully saturated rings. The molecular formula is C16H23N7O5S. The third kappa shape index (κ3) is 7.48. The van der Waals surface area contributed by atoms with E-state index in [2.05, 4.69) is 30.3 Å². The predicted molar refractivity (Wildman–Crippen MR) is 108 cm³/mol. The first kappa shape index (κ1) is 22.3. The summed E-state index contributed by atoms with van der Waals surface area (Å²) in [7, 11) is -1.61. The SMILES string of the molecule is CN(CCNS(C)(=O)=O)c1nc(NCCO)nc(Nc2ccc(C(=O)O)cc2)n1. The fourth-order valence-electron chi connectivity index (χ4n) is 2.16. The highest BCUT2D eigenvalue weighted by Gasteiger charge is 2.12. The number of rotatable bonds is 11. The Hall–Kier alpha value is -3.03. The number of aliphatic hydroxyl groups excluding tert-OH is 1. The van der Waals surface area contributed by atoms with Gasteiger partial charge in [-0.1, -0.05) is 0 Å². The van der Waals surface area contributed by atoms with Crippen molar-refractivity contribution in [1.29, 1.82) is 0 Å². The van der Waals surface area contributed by atoms with E-state index in [4.69, 9.17) is 10.2 Å². The van der Waals surface area contributed by atoms with E-state index in [1.54, 1.807) is 24.1 Å². The van der Waals surface area contributed by atoms with Crippen molar-refractivity contribution >= 4 is 39.5 Å². The van der Waals surface area contributed by atoms with Crippen molar-refractivity contribution < 1.29 is 23.4 Å². The minimum atomic E-state index is -3.30. The van der Waals surface area contributed by atoms with Crippen LogP contribution < -0.4 is 20.3 Å². The first-order valence-corrected chi connectivity index (χ1v) is 10.4. The summed E-state index contributed by atoms with van der Waals surface area (Å²) in [5.74, 6) is -0.336. The summed E-state index contributed by atoms with van der Waals surface area (Å²) in [6, 6.07) is 6.04. The molecule has 0 aliphatic rings. The third-order valence-electron chi connectivity index (χ3n) is 3.56. The summed E-state index contributed by atoms with van der Waals surface area (Å²) in [6.45, 7) is 0.590. The number of aromatic nitrogens is 3. The van der Waals surface area contributed by atoms with Crippen LogP contribution in [0.5, 0.6) is 0 Å². The number of benzene rings is 1. The van der Waals surface area contributed by atoms with Crippen LogP contribution >= 0.6 is 0 Å². The van der Waals surface area contributed by atoms with Crippen LogP contribution in [0.1, 0.15) is 10.4 Å². The molecule has 1 heterocycles. The zero-order chi connectivity index (χ0) is 21.4. The fourth-order valence-corrected chi connectivity index (χ4v) is 2.62. The van der Waals surface area contributed by atoms with Crippen molar-refractivity contribution in [2.24, 2.45) is 0 Å². The quantitative estimate of drug-likeness (QED) is 0.320. The second kappa shape index (κ2) is 9.95. The van der Waals surface area contributed by atoms with Crippen molar-refractivity contribution in [1.82, 2.24) is 19.7 Å². The molecule has 0 aliphatic heterocycles. The Balaban J connectivity index is 2.19. The molecule has 2 rings (SSSR count). The van der Waals surface area contributed by atoms with Gasteiger partial charge >= 0.3 is 5.97 Å². The van der Waals surface area contributed by atoms with Crippen LogP contribution in [-0.4, -0.2) is 79.1 Å². The summed E-state index contributed by atoms with van der Waals surface area (Å²) in [6.07, 6.45) is 1.07. The van der Waals surface area contributed by atoms with E-state index in [0.717, 1.165) is 6.26 Å². The molecular weight excluding hydrogens is 402 g/mol. The van der Waals surface area contributed by atoms with Gasteiger partial charge in [-0.05, 0) is 24.3 Å². The summed E-state index contributed by atoms with van der Waals surface area (Å²) < 4.78 is 24.8. The second-order valence-corrected chi connectivity index (χ2v) is 7.86. The molecule has 0 spiro atoms. The largest absolute Gasteiger partial charge is 0.478 e. The average molecular weight is 425 g/mol. The van der Waals surface area contributed by atoms with Gasteiger partial charge in [-0.25, -0.2) is 17.9 Å². The van der Waals surface area contributed by atoms with Gasteiger partial charge in [0.2, 0.25) is 27.9 Å². The van der Waals surface area contributed by atoms with Gasteiger partial charge in [0.25, 0.3) is 0 Å². The summed E-state index contributed by atoms with van der Waals surface area (Å²) in [4.78, 5) is 25.4. The zero-order valence-corrected chi connectivity index (χ0v) is 16.8. The molecule has 0 saturated heterocycles. The Kier molecular flexibility index (Phi) is 7.64. The summed E-state index contributed by atoms with van der Waals surface area (Å²) in [5, 5.41) is 23.8. The summed E-state index contributed by atoms with van der Waals surface area (Å²) in [5.41, 5.74) is 0.719. The molecule has 1 aromatic heterocycles. The van der Waals surface area contributed by atoms with Crippen LogP contribution in [0.15, 0.2) is 24.3 Å². The zero-order valence-electron chi connectivity index (χ0n) is 16.0. The molecule has 0 bridgehead atoms. The van der Waals surface area contributed by atoms with Gasteiger partial charge in [0.1, 0.15) is 0 Å². The number of carbonyl (C=O) groups is 1. The first-order chi connectivity index (χ1) is 13.7. The molecule has 5 N–H and O–H groups in total. The molecule has 13 heteroatoms. The number of nitrogens with zero attached hydrogens (tertiary/aromatic N) is 4. The molecule has 158 valence electrons. The standard InChI is InChI=1S/C16H23N7O5S/c1-23(9-7-18-29(2,27)28)16-21-14(17-8-10-24)20-15(22-16)19-12-5-3-11(4-6-12)13(25)26/h3-6,18,24H,7-10H2,1-2H3,(H,25,26)(H2,17,19,20,21,22). The van der Waals surface area contributed by atoms with Gasteiger partial charge in [-0.3, -0.25) is 0 Å². The van der Waals surface area contributed by atoms with Crippen LogP contribution in [0.4, 0.5) is 23.5 Å². The van der Waals surface area contributed by atoms with Gasteiger partial charge in [0, 0.05) is 32.4 Å². The lowest BCUT2D eigenvalue weighted by Gasteiger charge is -2.18. The van der Waals surface area contributed by atoms with Gasteiger partial charge in [0.05, 0.1) is 18.4 Å². The highest BCUT2D eigenvalue weighted by atomic mass is 32.2. The number of nitrogens with one attached hydrogen (secondary N) is 3. The van der Waals surface area contributed by atoms with Crippen LogP contribution in [0, 0.1) is 0 Å². The van der Waals surface area contributed by atoms with E-state index in [9.17, 15) is 13.2 Å². The number of aliphatic hydroxyl groups is 1. The molecule has 2 aromatic rings. The third-order valence-corrected chi connectivity index (χ3v) is 4.29. The summed E-state index contributed by atoms with van der Waals surface area (Å²) >= 11 is 0. The Morgan fingerprint density at radius 2 is 1.76 bits per heavy atom. The molecule has 1 aromatic carbocycles. The van der Waals surface area contributed by atoms with Crippen LogP contribution in [0.2, 0.25) is 0 Å². The Labute approximate surface area is 168 Å². The van der Waals surface area contributed by atoms with Crippen molar-refractivity contribution in [3.05, 3.63) is 29.8 Å². The molecule has 0 unspecified atom stereocenters. The van der Waals surface area contributed by atoms with Crippen LogP contribution in [-0.2, 0) is 10.0 Å². The average Bonchev–Trinajstić information content (AvgIpc) is 2.65. The number of carboxylic acid groups (broad SMARTS) is 1. The minimum Gasteiger partial charge on any atom is -0.478 e.